The average molecular weight is 290 g/mol. The summed E-state index contributed by atoms with van der Waals surface area (Å²) < 4.78 is 4.78. The molecule has 1 aromatic heterocycles. The van der Waals surface area contributed by atoms with Gasteiger partial charge in [-0.3, -0.25) is 4.79 Å². The minimum Gasteiger partial charge on any atom is -0.508 e. The second-order valence-electron chi connectivity index (χ2n) is 4.57. The Morgan fingerprint density at radius 1 is 1.33 bits per heavy atom. The smallest absolute Gasteiger partial charge is 0.326 e. The van der Waals surface area contributed by atoms with Gasteiger partial charge in [-0.25, -0.2) is 4.79 Å². The van der Waals surface area contributed by atoms with E-state index in [9.17, 15) is 19.8 Å². The van der Waals surface area contributed by atoms with Crippen molar-refractivity contribution in [1.29, 1.82) is 0 Å². The predicted molar refractivity (Wildman–Crippen MR) is 71.9 cm³/mol. The van der Waals surface area contributed by atoms with Gasteiger partial charge in [0.25, 0.3) is 5.91 Å². The maximum Gasteiger partial charge on any atom is 0.326 e. The molecule has 2 aromatic rings. The number of amides is 1. The highest BCUT2D eigenvalue weighted by Gasteiger charge is 2.24. The number of aromatic hydroxyl groups is 1. The molecule has 0 bridgehead atoms. The van der Waals surface area contributed by atoms with Crippen molar-refractivity contribution in [2.75, 3.05) is 0 Å². The Labute approximate surface area is 120 Å². The van der Waals surface area contributed by atoms with Gasteiger partial charge in [-0.2, -0.15) is 0 Å². The molecule has 0 fully saturated rings. The van der Waals surface area contributed by atoms with E-state index in [1.54, 1.807) is 19.1 Å². The standard InChI is InChI=1S/C14H14N2O5/c1-8-7-15-21-12(8)13(18)16-11(14(19)20)6-9-2-4-10(17)5-3-9/h2-5,7,11,17H,6H2,1H3,(H,16,18)(H,19,20)/t11-/m0/s1. The predicted octanol–water partition coefficient (Wildman–Crippen LogP) is 1.11. The van der Waals surface area contributed by atoms with Crippen molar-refractivity contribution in [1.82, 2.24) is 10.5 Å². The van der Waals surface area contributed by atoms with Crippen molar-refractivity contribution in [3.8, 4) is 5.75 Å². The van der Waals surface area contributed by atoms with E-state index in [1.807, 2.05) is 0 Å². The van der Waals surface area contributed by atoms with E-state index >= 15 is 0 Å². The fourth-order valence-corrected chi connectivity index (χ4v) is 1.80. The molecule has 0 radical (unpaired) electrons. The van der Waals surface area contributed by atoms with Gasteiger partial charge in [0, 0.05) is 12.0 Å². The first-order valence-corrected chi connectivity index (χ1v) is 6.20. The molecule has 0 aliphatic carbocycles. The number of aryl methyl sites for hydroxylation is 1. The van der Waals surface area contributed by atoms with Gasteiger partial charge in [0.15, 0.2) is 0 Å². The van der Waals surface area contributed by atoms with Crippen LogP contribution in [0.3, 0.4) is 0 Å². The zero-order valence-corrected chi connectivity index (χ0v) is 11.2. The second-order valence-corrected chi connectivity index (χ2v) is 4.57. The number of carbonyl (C=O) groups excluding carboxylic acids is 1. The average Bonchev–Trinajstić information content (AvgIpc) is 2.86. The van der Waals surface area contributed by atoms with Crippen molar-refractivity contribution in [3.63, 3.8) is 0 Å². The van der Waals surface area contributed by atoms with Crippen LogP contribution in [0, 0.1) is 6.92 Å². The molecule has 1 aromatic carbocycles. The lowest BCUT2D eigenvalue weighted by Gasteiger charge is -2.13. The number of carboxylic acids is 1. The fraction of sp³-hybridized carbons (Fsp3) is 0.214. The molecule has 0 saturated carbocycles. The fourth-order valence-electron chi connectivity index (χ4n) is 1.80. The number of benzene rings is 1. The molecular formula is C14H14N2O5. The summed E-state index contributed by atoms with van der Waals surface area (Å²) in [5.41, 5.74) is 1.20. The summed E-state index contributed by atoms with van der Waals surface area (Å²) in [5, 5.41) is 24.3. The Hall–Kier alpha value is -2.83. The van der Waals surface area contributed by atoms with Gasteiger partial charge in [0.05, 0.1) is 6.20 Å². The molecule has 0 spiro atoms. The van der Waals surface area contributed by atoms with Gasteiger partial charge in [-0.1, -0.05) is 17.3 Å². The molecular weight excluding hydrogens is 276 g/mol. The maximum atomic E-state index is 11.9. The van der Waals surface area contributed by atoms with Crippen LogP contribution in [-0.4, -0.2) is 33.3 Å². The van der Waals surface area contributed by atoms with Crippen LogP contribution in [0.4, 0.5) is 0 Å². The van der Waals surface area contributed by atoms with Gasteiger partial charge in [-0.05, 0) is 24.6 Å². The highest BCUT2D eigenvalue weighted by molar-refractivity contribution is 5.95. The number of carbonyl (C=O) groups is 2. The molecule has 21 heavy (non-hydrogen) atoms. The van der Waals surface area contributed by atoms with Crippen LogP contribution >= 0.6 is 0 Å². The zero-order valence-electron chi connectivity index (χ0n) is 11.2. The summed E-state index contributed by atoms with van der Waals surface area (Å²) in [6.45, 7) is 1.64. The number of aromatic nitrogens is 1. The molecule has 2 rings (SSSR count). The third kappa shape index (κ3) is 3.59. The summed E-state index contributed by atoms with van der Waals surface area (Å²) in [6, 6.07) is 4.99. The van der Waals surface area contributed by atoms with Gasteiger partial charge < -0.3 is 20.1 Å². The quantitative estimate of drug-likeness (QED) is 0.760. The molecule has 110 valence electrons. The Morgan fingerprint density at radius 3 is 2.52 bits per heavy atom. The lowest BCUT2D eigenvalue weighted by molar-refractivity contribution is -0.139. The van der Waals surface area contributed by atoms with Crippen molar-refractivity contribution in [3.05, 3.63) is 47.3 Å². The van der Waals surface area contributed by atoms with Crippen LogP contribution in [0.25, 0.3) is 0 Å². The van der Waals surface area contributed by atoms with E-state index in [2.05, 4.69) is 10.5 Å². The first-order valence-electron chi connectivity index (χ1n) is 6.20. The van der Waals surface area contributed by atoms with Crippen LogP contribution in [0.1, 0.15) is 21.7 Å². The summed E-state index contributed by atoms with van der Waals surface area (Å²) in [4.78, 5) is 23.2. The number of phenols is 1. The molecule has 0 aliphatic heterocycles. The molecule has 1 amide bonds. The van der Waals surface area contributed by atoms with E-state index < -0.39 is 17.9 Å². The normalized spacial score (nSPS) is 11.9. The molecule has 1 heterocycles. The third-order valence-corrected chi connectivity index (χ3v) is 2.93. The summed E-state index contributed by atoms with van der Waals surface area (Å²) in [6.07, 6.45) is 1.47. The van der Waals surface area contributed by atoms with Crippen LogP contribution in [0.5, 0.6) is 5.75 Å². The molecule has 1 atom stereocenters. The minimum absolute atomic E-state index is 0.00745. The van der Waals surface area contributed by atoms with E-state index in [0.717, 1.165) is 0 Å². The molecule has 7 nitrogen and oxygen atoms in total. The summed E-state index contributed by atoms with van der Waals surface area (Å²) in [7, 11) is 0. The zero-order chi connectivity index (χ0) is 15.4. The molecule has 0 saturated heterocycles. The van der Waals surface area contributed by atoms with Crippen LogP contribution in [0.2, 0.25) is 0 Å². The molecule has 7 heteroatoms. The Bertz CT molecular complexity index is 648. The molecule has 3 N–H and O–H groups in total. The lowest BCUT2D eigenvalue weighted by Crippen LogP contribution is -2.42. The number of hydrogen-bond acceptors (Lipinski definition) is 5. The van der Waals surface area contributed by atoms with E-state index in [0.29, 0.717) is 11.1 Å². The SMILES string of the molecule is Cc1cnoc1C(=O)N[C@@H](Cc1ccc(O)cc1)C(=O)O. The van der Waals surface area contributed by atoms with Crippen molar-refractivity contribution in [2.24, 2.45) is 0 Å². The van der Waals surface area contributed by atoms with Crippen molar-refractivity contribution >= 4 is 11.9 Å². The maximum absolute atomic E-state index is 11.9. The topological polar surface area (TPSA) is 113 Å². The number of aliphatic carboxylic acids is 1. The van der Waals surface area contributed by atoms with E-state index in [1.165, 1.54) is 18.3 Å². The number of phenolic OH excluding ortho intramolecular Hbond substituents is 1. The molecule has 0 aliphatic rings. The number of nitrogens with zero attached hydrogens (tertiary/aromatic N) is 1. The number of nitrogens with one attached hydrogen (secondary N) is 1. The van der Waals surface area contributed by atoms with Gasteiger partial charge in [-0.15, -0.1) is 0 Å². The number of hydrogen-bond donors (Lipinski definition) is 3. The van der Waals surface area contributed by atoms with Gasteiger partial charge >= 0.3 is 5.97 Å². The number of rotatable bonds is 5. The van der Waals surface area contributed by atoms with Gasteiger partial charge in [0.1, 0.15) is 11.8 Å². The summed E-state index contributed by atoms with van der Waals surface area (Å²) in [5.74, 6) is -1.70. The largest absolute Gasteiger partial charge is 0.508 e. The van der Waals surface area contributed by atoms with Crippen LogP contribution < -0.4 is 5.32 Å². The van der Waals surface area contributed by atoms with E-state index in [4.69, 9.17) is 4.52 Å². The van der Waals surface area contributed by atoms with Crippen molar-refractivity contribution < 1.29 is 24.3 Å². The molecule has 0 unspecified atom stereocenters. The first kappa shape index (κ1) is 14.6. The van der Waals surface area contributed by atoms with E-state index in [-0.39, 0.29) is 17.9 Å². The van der Waals surface area contributed by atoms with Gasteiger partial charge in [0.2, 0.25) is 5.76 Å². The number of carboxylic acid groups (broad SMARTS) is 1. The Morgan fingerprint density at radius 2 is 2.00 bits per heavy atom. The monoisotopic (exact) mass is 290 g/mol. The van der Waals surface area contributed by atoms with Crippen molar-refractivity contribution in [2.45, 2.75) is 19.4 Å². The highest BCUT2D eigenvalue weighted by atomic mass is 16.5. The first-order chi connectivity index (χ1) is 9.97. The second kappa shape index (κ2) is 6.08. The minimum atomic E-state index is -1.16. The Balaban J connectivity index is 2.09. The van der Waals surface area contributed by atoms with Crippen LogP contribution in [-0.2, 0) is 11.2 Å². The van der Waals surface area contributed by atoms with Crippen LogP contribution in [0.15, 0.2) is 35.0 Å². The summed E-state index contributed by atoms with van der Waals surface area (Å²) >= 11 is 0. The highest BCUT2D eigenvalue weighted by Crippen LogP contribution is 2.12. The third-order valence-electron chi connectivity index (χ3n) is 2.93. The lowest BCUT2D eigenvalue weighted by atomic mass is 10.1. The Kier molecular flexibility index (Phi) is 4.22.